The third-order valence-electron chi connectivity index (χ3n) is 1.95. The number of aliphatic carboxylic acids is 1. The fraction of sp³-hybridized carbons (Fsp3) is 0.667. The standard InChI is InChI=1S/C9H15N5O3S/c1-2-4-10-7(15)3-5-14-9(11-12-13-14)18-6-8(16)17/h2-6H2,1H3,(H,10,15)(H,16,17). The summed E-state index contributed by atoms with van der Waals surface area (Å²) in [5, 5.41) is 22.6. The maximum atomic E-state index is 11.4. The smallest absolute Gasteiger partial charge is 0.313 e. The van der Waals surface area contributed by atoms with Crippen LogP contribution < -0.4 is 5.32 Å². The summed E-state index contributed by atoms with van der Waals surface area (Å²) in [7, 11) is 0. The van der Waals surface area contributed by atoms with Gasteiger partial charge in [-0.05, 0) is 16.8 Å². The van der Waals surface area contributed by atoms with E-state index in [9.17, 15) is 9.59 Å². The molecule has 0 fully saturated rings. The molecule has 8 nitrogen and oxygen atoms in total. The average molecular weight is 273 g/mol. The summed E-state index contributed by atoms with van der Waals surface area (Å²) in [4.78, 5) is 21.8. The monoisotopic (exact) mass is 273 g/mol. The van der Waals surface area contributed by atoms with Crippen LogP contribution in [0.2, 0.25) is 0 Å². The number of carboxylic acid groups (broad SMARTS) is 1. The molecule has 1 aromatic rings. The largest absolute Gasteiger partial charge is 0.481 e. The quantitative estimate of drug-likeness (QED) is 0.629. The Bertz CT molecular complexity index is 409. The van der Waals surface area contributed by atoms with Crippen molar-refractivity contribution in [2.75, 3.05) is 12.3 Å². The summed E-state index contributed by atoms with van der Waals surface area (Å²) in [6, 6.07) is 0. The number of hydrogen-bond acceptors (Lipinski definition) is 6. The van der Waals surface area contributed by atoms with Crippen LogP contribution in [0.15, 0.2) is 5.16 Å². The number of amides is 1. The average Bonchev–Trinajstić information content (AvgIpc) is 2.78. The SMILES string of the molecule is CCCNC(=O)CCn1nnnc1SCC(=O)O. The molecular weight excluding hydrogens is 258 g/mol. The lowest BCUT2D eigenvalue weighted by molar-refractivity contribution is -0.134. The fourth-order valence-electron chi connectivity index (χ4n) is 1.13. The number of rotatable bonds is 8. The Hall–Kier alpha value is -1.64. The molecule has 1 amide bonds. The molecule has 0 aliphatic heterocycles. The molecule has 0 aromatic carbocycles. The van der Waals surface area contributed by atoms with Gasteiger partial charge in [0.15, 0.2) is 0 Å². The van der Waals surface area contributed by atoms with Crippen LogP contribution in [0.3, 0.4) is 0 Å². The van der Waals surface area contributed by atoms with Crippen molar-refractivity contribution < 1.29 is 14.7 Å². The summed E-state index contributed by atoms with van der Waals surface area (Å²) in [6.07, 6.45) is 1.15. The molecule has 0 unspecified atom stereocenters. The Morgan fingerprint density at radius 1 is 1.50 bits per heavy atom. The van der Waals surface area contributed by atoms with Crippen LogP contribution in [0.5, 0.6) is 0 Å². The van der Waals surface area contributed by atoms with E-state index in [-0.39, 0.29) is 18.1 Å². The van der Waals surface area contributed by atoms with Crippen molar-refractivity contribution in [3.8, 4) is 0 Å². The highest BCUT2D eigenvalue weighted by molar-refractivity contribution is 7.99. The molecule has 9 heteroatoms. The van der Waals surface area contributed by atoms with Crippen molar-refractivity contribution in [2.45, 2.75) is 31.5 Å². The van der Waals surface area contributed by atoms with Crippen LogP contribution >= 0.6 is 11.8 Å². The maximum Gasteiger partial charge on any atom is 0.313 e. The lowest BCUT2D eigenvalue weighted by Gasteiger charge is -2.04. The molecule has 100 valence electrons. The van der Waals surface area contributed by atoms with Gasteiger partial charge < -0.3 is 10.4 Å². The minimum atomic E-state index is -0.935. The van der Waals surface area contributed by atoms with E-state index in [4.69, 9.17) is 5.11 Å². The van der Waals surface area contributed by atoms with Crippen LogP contribution in [0, 0.1) is 0 Å². The summed E-state index contributed by atoms with van der Waals surface area (Å²) in [6.45, 7) is 2.96. The van der Waals surface area contributed by atoms with Crippen LogP contribution in [0.1, 0.15) is 19.8 Å². The van der Waals surface area contributed by atoms with Crippen LogP contribution in [0.25, 0.3) is 0 Å². The van der Waals surface area contributed by atoms with E-state index in [1.807, 2.05) is 6.92 Å². The van der Waals surface area contributed by atoms with Gasteiger partial charge in [-0.25, -0.2) is 4.68 Å². The van der Waals surface area contributed by atoms with E-state index >= 15 is 0 Å². The molecule has 0 saturated carbocycles. The molecule has 0 atom stereocenters. The molecular formula is C9H15N5O3S. The normalized spacial score (nSPS) is 10.3. The second kappa shape index (κ2) is 7.64. The summed E-state index contributed by atoms with van der Waals surface area (Å²) < 4.78 is 1.43. The molecule has 0 aliphatic carbocycles. The number of hydrogen-bond donors (Lipinski definition) is 2. The predicted octanol–water partition coefficient (Wildman–Crippen LogP) is -0.234. The molecule has 2 N–H and O–H groups in total. The van der Waals surface area contributed by atoms with Crippen molar-refractivity contribution in [2.24, 2.45) is 0 Å². The topological polar surface area (TPSA) is 110 Å². The summed E-state index contributed by atoms with van der Waals surface area (Å²) in [5.74, 6) is -1.11. The number of nitrogens with one attached hydrogen (secondary N) is 1. The third kappa shape index (κ3) is 5.13. The lowest BCUT2D eigenvalue weighted by atomic mass is 10.4. The zero-order chi connectivity index (χ0) is 13.4. The zero-order valence-corrected chi connectivity index (χ0v) is 10.8. The number of thioether (sulfide) groups is 1. The number of carbonyl (C=O) groups is 2. The van der Waals surface area contributed by atoms with Gasteiger partial charge in [0.1, 0.15) is 0 Å². The van der Waals surface area contributed by atoms with Crippen molar-refractivity contribution in [3.63, 3.8) is 0 Å². The molecule has 0 bridgehead atoms. The van der Waals surface area contributed by atoms with E-state index in [0.717, 1.165) is 18.2 Å². The molecule has 18 heavy (non-hydrogen) atoms. The van der Waals surface area contributed by atoms with E-state index in [0.29, 0.717) is 18.2 Å². The van der Waals surface area contributed by atoms with Crippen LogP contribution in [0.4, 0.5) is 0 Å². The van der Waals surface area contributed by atoms with Gasteiger partial charge in [-0.3, -0.25) is 9.59 Å². The molecule has 0 saturated heterocycles. The van der Waals surface area contributed by atoms with Crippen LogP contribution in [-0.2, 0) is 16.1 Å². The van der Waals surface area contributed by atoms with Gasteiger partial charge in [-0.15, -0.1) is 5.10 Å². The highest BCUT2D eigenvalue weighted by atomic mass is 32.2. The summed E-state index contributed by atoms with van der Waals surface area (Å²) in [5.41, 5.74) is 0. The minimum Gasteiger partial charge on any atom is -0.481 e. The van der Waals surface area contributed by atoms with Gasteiger partial charge in [0.05, 0.1) is 12.3 Å². The van der Waals surface area contributed by atoms with E-state index in [1.54, 1.807) is 0 Å². The molecule has 0 aliphatic rings. The third-order valence-corrected chi connectivity index (χ3v) is 2.89. The van der Waals surface area contributed by atoms with E-state index < -0.39 is 5.97 Å². The van der Waals surface area contributed by atoms with Gasteiger partial charge in [-0.1, -0.05) is 18.7 Å². The number of aromatic nitrogens is 4. The van der Waals surface area contributed by atoms with Gasteiger partial charge in [-0.2, -0.15) is 0 Å². The highest BCUT2D eigenvalue weighted by Crippen LogP contribution is 2.13. The zero-order valence-electron chi connectivity index (χ0n) is 10.00. The number of carboxylic acids is 1. The molecule has 0 spiro atoms. The molecule has 1 rings (SSSR count). The first-order chi connectivity index (χ1) is 8.63. The maximum absolute atomic E-state index is 11.4. The van der Waals surface area contributed by atoms with Gasteiger partial charge in [0, 0.05) is 13.0 Å². The fourth-order valence-corrected chi connectivity index (χ4v) is 1.75. The van der Waals surface area contributed by atoms with Crippen molar-refractivity contribution >= 4 is 23.6 Å². The Morgan fingerprint density at radius 2 is 2.28 bits per heavy atom. The first kappa shape index (κ1) is 14.4. The van der Waals surface area contributed by atoms with E-state index in [1.165, 1.54) is 4.68 Å². The Morgan fingerprint density at radius 3 is 2.94 bits per heavy atom. The van der Waals surface area contributed by atoms with Crippen molar-refractivity contribution in [1.29, 1.82) is 0 Å². The van der Waals surface area contributed by atoms with Crippen molar-refractivity contribution in [1.82, 2.24) is 25.5 Å². The van der Waals surface area contributed by atoms with E-state index in [2.05, 4.69) is 20.8 Å². The summed E-state index contributed by atoms with van der Waals surface area (Å²) >= 11 is 1.03. The molecule has 1 heterocycles. The Labute approximate surface area is 108 Å². The van der Waals surface area contributed by atoms with Gasteiger partial charge in [0.25, 0.3) is 0 Å². The van der Waals surface area contributed by atoms with Gasteiger partial charge in [0.2, 0.25) is 11.1 Å². The number of aryl methyl sites for hydroxylation is 1. The Kier molecular flexibility index (Phi) is 6.12. The second-order valence-electron chi connectivity index (χ2n) is 3.47. The first-order valence-electron chi connectivity index (χ1n) is 5.51. The highest BCUT2D eigenvalue weighted by Gasteiger charge is 2.10. The first-order valence-corrected chi connectivity index (χ1v) is 6.49. The van der Waals surface area contributed by atoms with Crippen LogP contribution in [-0.4, -0.2) is 49.5 Å². The molecule has 1 aromatic heterocycles. The lowest BCUT2D eigenvalue weighted by Crippen LogP contribution is -2.25. The number of carbonyl (C=O) groups excluding carboxylic acids is 1. The number of nitrogens with zero attached hydrogens (tertiary/aromatic N) is 4. The minimum absolute atomic E-state index is 0.0680. The molecule has 0 radical (unpaired) electrons. The van der Waals surface area contributed by atoms with Gasteiger partial charge >= 0.3 is 5.97 Å². The number of tetrazole rings is 1. The Balaban J connectivity index is 2.40. The second-order valence-corrected chi connectivity index (χ2v) is 4.41. The predicted molar refractivity (Wildman–Crippen MR) is 64.1 cm³/mol. The van der Waals surface area contributed by atoms with Crippen molar-refractivity contribution in [3.05, 3.63) is 0 Å².